The molecule has 0 aromatic heterocycles. The molecule has 0 amide bonds. The van der Waals surface area contributed by atoms with Gasteiger partial charge in [-0.3, -0.25) is 0 Å². The van der Waals surface area contributed by atoms with E-state index in [1.807, 2.05) is 0 Å². The summed E-state index contributed by atoms with van der Waals surface area (Å²) in [6.45, 7) is -0.0721. The van der Waals surface area contributed by atoms with Gasteiger partial charge in [-0.1, -0.05) is 40.9 Å². The minimum atomic E-state index is -0.0721. The van der Waals surface area contributed by atoms with E-state index in [0.717, 1.165) is 0 Å². The van der Waals surface area contributed by atoms with Crippen LogP contribution in [0.2, 0.25) is 0 Å². The first kappa shape index (κ1) is 9.31. The van der Waals surface area contributed by atoms with Crippen molar-refractivity contribution in [3.05, 3.63) is 21.7 Å². The molecule has 0 bridgehead atoms. The molecular formula is C5H5Cl3O. The molecule has 9 heavy (non-hydrogen) atoms. The maximum Gasteiger partial charge on any atom is 0.125 e. The molecule has 0 spiro atoms. The average Bonchev–Trinajstić information content (AvgIpc) is 1.82. The molecule has 52 valence electrons. The number of aliphatic hydroxyl groups is 1. The number of halogens is 3. The Labute approximate surface area is 68.5 Å². The van der Waals surface area contributed by atoms with Crippen molar-refractivity contribution < 1.29 is 5.11 Å². The molecule has 0 heterocycles. The Kier molecular flexibility index (Phi) is 5.30. The predicted octanol–water partition coefficient (Wildman–Crippen LogP) is 2.42. The van der Waals surface area contributed by atoms with Gasteiger partial charge < -0.3 is 5.11 Å². The normalized spacial score (nSPS) is 10.2. The molecule has 0 radical (unpaired) electrons. The van der Waals surface area contributed by atoms with Crippen molar-refractivity contribution in [2.24, 2.45) is 0 Å². The van der Waals surface area contributed by atoms with Gasteiger partial charge in [0, 0.05) is 0 Å². The van der Waals surface area contributed by atoms with Crippen molar-refractivity contribution in [1.82, 2.24) is 0 Å². The SMILES string of the molecule is OC/C=C/C(Cl)=C(Cl)Cl. The minimum absolute atomic E-state index is 0.00127. The van der Waals surface area contributed by atoms with Gasteiger partial charge in [-0.25, -0.2) is 0 Å². The van der Waals surface area contributed by atoms with Crippen LogP contribution in [-0.4, -0.2) is 11.7 Å². The van der Waals surface area contributed by atoms with E-state index in [9.17, 15) is 0 Å². The summed E-state index contributed by atoms with van der Waals surface area (Å²) >= 11 is 15.9. The third-order valence-corrected chi connectivity index (χ3v) is 1.47. The zero-order valence-corrected chi connectivity index (χ0v) is 6.71. The molecular weight excluding hydrogens is 182 g/mol. The van der Waals surface area contributed by atoms with Crippen LogP contribution in [0.15, 0.2) is 21.7 Å². The molecule has 1 nitrogen and oxygen atoms in total. The molecule has 0 fully saturated rings. The maximum atomic E-state index is 8.24. The highest BCUT2D eigenvalue weighted by Crippen LogP contribution is 2.18. The molecule has 0 saturated heterocycles. The Balaban J connectivity index is 3.91. The van der Waals surface area contributed by atoms with Crippen LogP contribution >= 0.6 is 34.8 Å². The van der Waals surface area contributed by atoms with Gasteiger partial charge in [0.1, 0.15) is 4.49 Å². The fourth-order valence-corrected chi connectivity index (χ4v) is 0.434. The van der Waals surface area contributed by atoms with Gasteiger partial charge in [0.05, 0.1) is 11.6 Å². The van der Waals surface area contributed by atoms with Crippen LogP contribution in [-0.2, 0) is 0 Å². The van der Waals surface area contributed by atoms with Crippen LogP contribution in [0.1, 0.15) is 0 Å². The molecule has 4 heteroatoms. The van der Waals surface area contributed by atoms with Crippen LogP contribution < -0.4 is 0 Å². The van der Waals surface area contributed by atoms with Gasteiger partial charge in [0.15, 0.2) is 0 Å². The molecule has 0 atom stereocenters. The Hall–Kier alpha value is 0.310. The topological polar surface area (TPSA) is 20.2 Å². The monoisotopic (exact) mass is 186 g/mol. The lowest BCUT2D eigenvalue weighted by Crippen LogP contribution is -1.71. The smallest absolute Gasteiger partial charge is 0.125 e. The van der Waals surface area contributed by atoms with E-state index in [0.29, 0.717) is 0 Å². The van der Waals surface area contributed by atoms with Crippen LogP contribution in [0.25, 0.3) is 0 Å². The van der Waals surface area contributed by atoms with Crippen molar-refractivity contribution in [1.29, 1.82) is 0 Å². The fraction of sp³-hybridized carbons (Fsp3) is 0.200. The largest absolute Gasteiger partial charge is 0.392 e. The number of allylic oxidation sites excluding steroid dienone is 2. The summed E-state index contributed by atoms with van der Waals surface area (Å²) in [4.78, 5) is 0. The number of hydrogen-bond donors (Lipinski definition) is 1. The van der Waals surface area contributed by atoms with Crippen LogP contribution in [0.5, 0.6) is 0 Å². The lowest BCUT2D eigenvalue weighted by Gasteiger charge is -1.85. The molecule has 0 aliphatic heterocycles. The molecule has 0 aliphatic carbocycles. The summed E-state index contributed by atoms with van der Waals surface area (Å²) in [6, 6.07) is 0. The lowest BCUT2D eigenvalue weighted by atomic mass is 10.5. The summed E-state index contributed by atoms with van der Waals surface area (Å²) in [6.07, 6.45) is 2.87. The third-order valence-electron chi connectivity index (χ3n) is 0.550. The predicted molar refractivity (Wildman–Crippen MR) is 40.8 cm³/mol. The summed E-state index contributed by atoms with van der Waals surface area (Å²) < 4.78 is 0.00127. The highest BCUT2D eigenvalue weighted by atomic mass is 35.5. The van der Waals surface area contributed by atoms with Crippen molar-refractivity contribution in [2.75, 3.05) is 6.61 Å². The molecule has 1 N–H and O–H groups in total. The molecule has 0 aromatic rings. The van der Waals surface area contributed by atoms with Crippen molar-refractivity contribution in [3.63, 3.8) is 0 Å². The molecule has 0 rings (SSSR count). The lowest BCUT2D eigenvalue weighted by molar-refractivity contribution is 0.342. The zero-order chi connectivity index (χ0) is 7.28. The van der Waals surface area contributed by atoms with Gasteiger partial charge in [-0.05, 0) is 6.08 Å². The number of aliphatic hydroxyl groups excluding tert-OH is 1. The first-order valence-corrected chi connectivity index (χ1v) is 3.30. The van der Waals surface area contributed by atoms with Gasteiger partial charge >= 0.3 is 0 Å². The van der Waals surface area contributed by atoms with Crippen molar-refractivity contribution >= 4 is 34.8 Å². The van der Waals surface area contributed by atoms with E-state index in [-0.39, 0.29) is 16.1 Å². The number of hydrogen-bond acceptors (Lipinski definition) is 1. The van der Waals surface area contributed by atoms with Gasteiger partial charge in [-0.2, -0.15) is 0 Å². The Bertz CT molecular complexity index is 135. The fourth-order valence-electron chi connectivity index (χ4n) is 0.219. The van der Waals surface area contributed by atoms with E-state index in [2.05, 4.69) is 0 Å². The van der Waals surface area contributed by atoms with E-state index in [4.69, 9.17) is 39.9 Å². The third kappa shape index (κ3) is 4.79. The first-order chi connectivity index (χ1) is 4.18. The van der Waals surface area contributed by atoms with E-state index >= 15 is 0 Å². The van der Waals surface area contributed by atoms with Crippen LogP contribution in [0.3, 0.4) is 0 Å². The summed E-state index contributed by atoms with van der Waals surface area (Å²) in [5, 5.41) is 8.47. The highest BCUT2D eigenvalue weighted by molar-refractivity contribution is 6.59. The van der Waals surface area contributed by atoms with Gasteiger partial charge in [-0.15, -0.1) is 0 Å². The Morgan fingerprint density at radius 3 is 2.22 bits per heavy atom. The standard InChI is InChI=1S/C5H5Cl3O/c6-4(5(7)8)2-1-3-9/h1-2,9H,3H2/b2-1+. The van der Waals surface area contributed by atoms with Crippen molar-refractivity contribution in [2.45, 2.75) is 0 Å². The minimum Gasteiger partial charge on any atom is -0.392 e. The Morgan fingerprint density at radius 2 is 1.89 bits per heavy atom. The first-order valence-electron chi connectivity index (χ1n) is 2.16. The second-order valence-corrected chi connectivity index (χ2v) is 2.55. The maximum absolute atomic E-state index is 8.24. The van der Waals surface area contributed by atoms with E-state index < -0.39 is 0 Å². The summed E-state index contributed by atoms with van der Waals surface area (Å²) in [7, 11) is 0. The molecule has 0 aliphatic rings. The molecule has 0 unspecified atom stereocenters. The second-order valence-electron chi connectivity index (χ2n) is 1.19. The van der Waals surface area contributed by atoms with E-state index in [1.54, 1.807) is 0 Å². The quantitative estimate of drug-likeness (QED) is 0.658. The van der Waals surface area contributed by atoms with E-state index in [1.165, 1.54) is 12.2 Å². The summed E-state index contributed by atoms with van der Waals surface area (Å²) in [5.74, 6) is 0. The van der Waals surface area contributed by atoms with Crippen molar-refractivity contribution in [3.8, 4) is 0 Å². The summed E-state index contributed by atoms with van der Waals surface area (Å²) in [5.41, 5.74) is 0. The number of rotatable bonds is 2. The molecule has 0 aromatic carbocycles. The zero-order valence-electron chi connectivity index (χ0n) is 4.44. The van der Waals surface area contributed by atoms with Crippen LogP contribution in [0.4, 0.5) is 0 Å². The Morgan fingerprint density at radius 1 is 1.33 bits per heavy atom. The van der Waals surface area contributed by atoms with Gasteiger partial charge in [0.2, 0.25) is 0 Å². The average molecular weight is 187 g/mol. The van der Waals surface area contributed by atoms with Crippen LogP contribution in [0, 0.1) is 0 Å². The highest BCUT2D eigenvalue weighted by Gasteiger charge is 1.90. The molecule has 0 saturated carbocycles. The van der Waals surface area contributed by atoms with Gasteiger partial charge in [0.25, 0.3) is 0 Å². The second kappa shape index (κ2) is 5.12.